The van der Waals surface area contributed by atoms with Crippen molar-refractivity contribution in [1.82, 2.24) is 4.31 Å². The van der Waals surface area contributed by atoms with Crippen LogP contribution in [-0.2, 0) is 16.6 Å². The molecule has 21 heavy (non-hydrogen) atoms. The molecule has 0 saturated carbocycles. The van der Waals surface area contributed by atoms with E-state index in [1.807, 2.05) is 11.4 Å². The third-order valence-corrected chi connectivity index (χ3v) is 6.26. The number of non-ortho nitro benzene ring substituents is 1. The third kappa shape index (κ3) is 3.67. The summed E-state index contributed by atoms with van der Waals surface area (Å²) in [4.78, 5) is 10.9. The van der Waals surface area contributed by atoms with E-state index in [0.717, 1.165) is 9.35 Å². The number of thiophene rings is 1. The number of nitro groups is 1. The molecule has 0 amide bonds. The molecular weight excluding hydrogens is 380 g/mol. The van der Waals surface area contributed by atoms with E-state index in [4.69, 9.17) is 0 Å². The lowest BCUT2D eigenvalue weighted by molar-refractivity contribution is -0.384. The molecule has 6 nitrogen and oxygen atoms in total. The largest absolute Gasteiger partial charge is 0.269 e. The van der Waals surface area contributed by atoms with Gasteiger partial charge in [-0.05, 0) is 34.1 Å². The van der Waals surface area contributed by atoms with Crippen LogP contribution in [0.2, 0.25) is 0 Å². The second-order valence-corrected chi connectivity index (χ2v) is 8.20. The van der Waals surface area contributed by atoms with Crippen molar-refractivity contribution in [3.05, 3.63) is 55.2 Å². The van der Waals surface area contributed by atoms with Crippen molar-refractivity contribution in [2.45, 2.75) is 11.4 Å². The predicted octanol–water partition coefficient (Wildman–Crippen LogP) is 3.24. The van der Waals surface area contributed by atoms with Crippen molar-refractivity contribution >= 4 is 43.0 Å². The maximum Gasteiger partial charge on any atom is 0.269 e. The van der Waals surface area contributed by atoms with Crippen LogP contribution in [0.4, 0.5) is 5.69 Å². The summed E-state index contributed by atoms with van der Waals surface area (Å²) in [6, 6.07) is 6.71. The lowest BCUT2D eigenvalue weighted by atomic mass is 10.3. The smallest absolute Gasteiger partial charge is 0.258 e. The molecule has 0 aliphatic carbocycles. The van der Waals surface area contributed by atoms with Crippen molar-refractivity contribution in [2.75, 3.05) is 7.05 Å². The van der Waals surface area contributed by atoms with Gasteiger partial charge in [0.25, 0.3) is 5.69 Å². The average molecular weight is 391 g/mol. The number of sulfonamides is 1. The highest BCUT2D eigenvalue weighted by molar-refractivity contribution is 9.10. The van der Waals surface area contributed by atoms with Crippen LogP contribution >= 0.6 is 27.3 Å². The van der Waals surface area contributed by atoms with Crippen LogP contribution in [0, 0.1) is 10.1 Å². The average Bonchev–Trinajstić information content (AvgIpc) is 2.84. The Balaban J connectivity index is 2.22. The summed E-state index contributed by atoms with van der Waals surface area (Å²) < 4.78 is 26.9. The summed E-state index contributed by atoms with van der Waals surface area (Å²) in [6.45, 7) is 0.246. The molecule has 0 saturated heterocycles. The fraction of sp³-hybridized carbons (Fsp3) is 0.167. The zero-order valence-electron chi connectivity index (χ0n) is 10.9. The van der Waals surface area contributed by atoms with Crippen LogP contribution in [0.1, 0.15) is 4.88 Å². The van der Waals surface area contributed by atoms with Gasteiger partial charge in [-0.3, -0.25) is 10.1 Å². The predicted molar refractivity (Wildman–Crippen MR) is 83.8 cm³/mol. The lowest BCUT2D eigenvalue weighted by Crippen LogP contribution is -2.26. The third-order valence-electron chi connectivity index (χ3n) is 2.76. The summed E-state index contributed by atoms with van der Waals surface area (Å²) in [5, 5.41) is 12.5. The highest BCUT2D eigenvalue weighted by Crippen LogP contribution is 2.24. The quantitative estimate of drug-likeness (QED) is 0.579. The van der Waals surface area contributed by atoms with Crippen LogP contribution in [0.15, 0.2) is 45.1 Å². The van der Waals surface area contributed by atoms with E-state index in [2.05, 4.69) is 15.9 Å². The number of nitro benzene ring substituents is 1. The molecule has 1 aromatic carbocycles. The SMILES string of the molecule is CN(Cc1cc(Br)cs1)S(=O)(=O)c1ccc([N+](=O)[O-])cc1. The number of rotatable bonds is 5. The van der Waals surface area contributed by atoms with Crippen molar-refractivity contribution in [1.29, 1.82) is 0 Å². The number of benzene rings is 1. The zero-order valence-corrected chi connectivity index (χ0v) is 14.1. The van der Waals surface area contributed by atoms with Gasteiger partial charge in [0.05, 0.1) is 9.82 Å². The molecule has 9 heteroatoms. The minimum atomic E-state index is -3.67. The second kappa shape index (κ2) is 6.22. The molecule has 0 fully saturated rings. The Morgan fingerprint density at radius 1 is 1.33 bits per heavy atom. The highest BCUT2D eigenvalue weighted by Gasteiger charge is 2.22. The van der Waals surface area contributed by atoms with E-state index >= 15 is 0 Å². The molecule has 0 spiro atoms. The van der Waals surface area contributed by atoms with Crippen molar-refractivity contribution in [3.8, 4) is 0 Å². The van der Waals surface area contributed by atoms with E-state index in [-0.39, 0.29) is 17.1 Å². The van der Waals surface area contributed by atoms with E-state index in [1.165, 1.54) is 47.0 Å². The van der Waals surface area contributed by atoms with E-state index in [9.17, 15) is 18.5 Å². The molecule has 0 bridgehead atoms. The van der Waals surface area contributed by atoms with Crippen LogP contribution in [0.3, 0.4) is 0 Å². The Labute approximate surface area is 134 Å². The number of hydrogen-bond donors (Lipinski definition) is 0. The van der Waals surface area contributed by atoms with Crippen molar-refractivity contribution in [2.24, 2.45) is 0 Å². The molecular formula is C12H11BrN2O4S2. The maximum absolute atomic E-state index is 12.4. The zero-order chi connectivity index (χ0) is 15.6. The first-order chi connectivity index (χ1) is 9.80. The summed E-state index contributed by atoms with van der Waals surface area (Å²) in [7, 11) is -2.19. The molecule has 112 valence electrons. The van der Waals surface area contributed by atoms with Gasteiger partial charge in [0.2, 0.25) is 10.0 Å². The Kier molecular flexibility index (Phi) is 4.77. The number of halogens is 1. The van der Waals surface area contributed by atoms with Gasteiger partial charge in [-0.15, -0.1) is 11.3 Å². The van der Waals surface area contributed by atoms with Crippen LogP contribution in [0.5, 0.6) is 0 Å². The van der Waals surface area contributed by atoms with Gasteiger partial charge in [0, 0.05) is 40.5 Å². The normalized spacial score (nSPS) is 11.8. The van der Waals surface area contributed by atoms with Gasteiger partial charge in [0.15, 0.2) is 0 Å². The summed E-state index contributed by atoms with van der Waals surface area (Å²) in [6.07, 6.45) is 0. The van der Waals surface area contributed by atoms with E-state index < -0.39 is 14.9 Å². The van der Waals surface area contributed by atoms with Gasteiger partial charge in [-0.25, -0.2) is 8.42 Å². The van der Waals surface area contributed by atoms with Crippen LogP contribution in [-0.4, -0.2) is 24.7 Å². The summed E-state index contributed by atoms with van der Waals surface area (Å²) >= 11 is 4.77. The molecule has 0 atom stereocenters. The highest BCUT2D eigenvalue weighted by atomic mass is 79.9. The standard InChI is InChI=1S/C12H11BrN2O4S2/c1-14(7-11-6-9(13)8-20-11)21(18,19)12-4-2-10(3-5-12)15(16)17/h2-6,8H,7H2,1H3. The van der Waals surface area contributed by atoms with Gasteiger partial charge in [0.1, 0.15) is 0 Å². The molecule has 2 aromatic rings. The molecule has 2 rings (SSSR count). The molecule has 0 N–H and O–H groups in total. The van der Waals surface area contributed by atoms with Crippen LogP contribution < -0.4 is 0 Å². The molecule has 1 aromatic heterocycles. The monoisotopic (exact) mass is 390 g/mol. The second-order valence-electron chi connectivity index (χ2n) is 4.24. The Bertz CT molecular complexity index is 756. The van der Waals surface area contributed by atoms with E-state index in [0.29, 0.717) is 0 Å². The minimum Gasteiger partial charge on any atom is -0.258 e. The van der Waals surface area contributed by atoms with Crippen molar-refractivity contribution < 1.29 is 13.3 Å². The molecule has 0 aliphatic heterocycles. The Hall–Kier alpha value is -1.29. The molecule has 0 radical (unpaired) electrons. The summed E-state index contributed by atoms with van der Waals surface area (Å²) in [5.41, 5.74) is -0.140. The topological polar surface area (TPSA) is 80.5 Å². The van der Waals surface area contributed by atoms with E-state index in [1.54, 1.807) is 0 Å². The van der Waals surface area contributed by atoms with Crippen molar-refractivity contribution in [3.63, 3.8) is 0 Å². The van der Waals surface area contributed by atoms with Gasteiger partial charge in [-0.2, -0.15) is 4.31 Å². The number of nitrogens with zero attached hydrogens (tertiary/aromatic N) is 2. The van der Waals surface area contributed by atoms with Gasteiger partial charge < -0.3 is 0 Å². The molecule has 1 heterocycles. The van der Waals surface area contributed by atoms with Crippen LogP contribution in [0.25, 0.3) is 0 Å². The Morgan fingerprint density at radius 2 is 1.95 bits per heavy atom. The maximum atomic E-state index is 12.4. The minimum absolute atomic E-state index is 0.0335. The summed E-state index contributed by atoms with van der Waals surface area (Å²) in [5.74, 6) is 0. The first-order valence-corrected chi connectivity index (χ1v) is 8.85. The molecule has 0 aliphatic rings. The molecule has 0 unspecified atom stereocenters. The fourth-order valence-corrected chi connectivity index (χ4v) is 4.40. The fourth-order valence-electron chi connectivity index (χ4n) is 1.66. The Morgan fingerprint density at radius 3 is 2.43 bits per heavy atom. The van der Waals surface area contributed by atoms with Gasteiger partial charge >= 0.3 is 0 Å². The lowest BCUT2D eigenvalue weighted by Gasteiger charge is -2.16. The first-order valence-electron chi connectivity index (χ1n) is 5.74. The van der Waals surface area contributed by atoms with Gasteiger partial charge in [-0.1, -0.05) is 0 Å². The first kappa shape index (κ1) is 16.1. The number of hydrogen-bond acceptors (Lipinski definition) is 5.